The second kappa shape index (κ2) is 6.37. The molecule has 0 fully saturated rings. The molecule has 0 unspecified atom stereocenters. The second-order valence-corrected chi connectivity index (χ2v) is 8.59. The van der Waals surface area contributed by atoms with E-state index in [4.69, 9.17) is 0 Å². The molecule has 0 radical (unpaired) electrons. The Bertz CT molecular complexity index is 691. The number of hydrogen-bond acceptors (Lipinski definition) is 4. The van der Waals surface area contributed by atoms with Crippen LogP contribution < -0.4 is 4.18 Å². The summed E-state index contributed by atoms with van der Waals surface area (Å²) in [5.74, 6) is -0.547. The Balaban J connectivity index is 3.12. The van der Waals surface area contributed by atoms with Crippen LogP contribution in [0.1, 0.15) is 26.3 Å². The summed E-state index contributed by atoms with van der Waals surface area (Å²) in [6.07, 6.45) is 1.02. The quantitative estimate of drug-likeness (QED) is 0.472. The number of alkyl halides is 3. The van der Waals surface area contributed by atoms with Crippen molar-refractivity contribution in [3.05, 3.63) is 29.8 Å². The minimum atomic E-state index is -5.78. The number of halogens is 3. The fraction of sp³-hybridized carbons (Fsp3) is 0.417. The molecule has 0 aliphatic rings. The molecule has 0 saturated carbocycles. The van der Waals surface area contributed by atoms with Crippen LogP contribution in [0.5, 0.6) is 5.75 Å². The fourth-order valence-corrected chi connectivity index (χ4v) is 2.10. The SMILES string of the molecule is CC(C)(C)[S@@](=O)/N=C/c1ccccc1OS(=O)(=O)C(F)(F)F. The highest BCUT2D eigenvalue weighted by Gasteiger charge is 2.48. The van der Waals surface area contributed by atoms with Gasteiger partial charge in [-0.25, -0.2) is 4.21 Å². The van der Waals surface area contributed by atoms with Gasteiger partial charge in [0.1, 0.15) is 11.0 Å². The van der Waals surface area contributed by atoms with Gasteiger partial charge in [0.15, 0.2) is 5.75 Å². The predicted octanol–water partition coefficient (Wildman–Crippen LogP) is 2.80. The Kier molecular flexibility index (Phi) is 5.39. The van der Waals surface area contributed by atoms with Gasteiger partial charge < -0.3 is 4.18 Å². The molecule has 0 saturated heterocycles. The van der Waals surface area contributed by atoms with Crippen LogP contribution in [0.3, 0.4) is 0 Å². The molecule has 10 heteroatoms. The number of para-hydroxylation sites is 1. The molecule has 1 rings (SSSR count). The van der Waals surface area contributed by atoms with E-state index < -0.39 is 37.1 Å². The number of rotatable bonds is 4. The van der Waals surface area contributed by atoms with E-state index in [-0.39, 0.29) is 5.56 Å². The molecule has 1 aromatic carbocycles. The van der Waals surface area contributed by atoms with Crippen LogP contribution in [0.25, 0.3) is 0 Å². The first kappa shape index (κ1) is 18.6. The van der Waals surface area contributed by atoms with E-state index >= 15 is 0 Å². The third-order valence-corrected chi connectivity index (χ3v) is 4.52. The normalized spacial score (nSPS) is 15.0. The lowest BCUT2D eigenvalue weighted by Gasteiger charge is -2.13. The van der Waals surface area contributed by atoms with Gasteiger partial charge in [0, 0.05) is 11.8 Å². The van der Waals surface area contributed by atoms with Crippen molar-refractivity contribution < 1.29 is 30.0 Å². The summed E-state index contributed by atoms with van der Waals surface area (Å²) < 4.78 is 77.9. The maximum atomic E-state index is 12.3. The lowest BCUT2D eigenvalue weighted by molar-refractivity contribution is -0.0500. The topological polar surface area (TPSA) is 72.8 Å². The summed E-state index contributed by atoms with van der Waals surface area (Å²) in [4.78, 5) is 0. The number of nitrogens with zero attached hydrogens (tertiary/aromatic N) is 1. The summed E-state index contributed by atoms with van der Waals surface area (Å²) in [5.41, 5.74) is -5.57. The van der Waals surface area contributed by atoms with Gasteiger partial charge in [0.05, 0.1) is 4.75 Å². The minimum absolute atomic E-state index is 0.0343. The highest BCUT2D eigenvalue weighted by atomic mass is 32.2. The predicted molar refractivity (Wildman–Crippen MR) is 77.5 cm³/mol. The molecular formula is C12H14F3NO4S2. The van der Waals surface area contributed by atoms with E-state index in [1.165, 1.54) is 18.2 Å². The van der Waals surface area contributed by atoms with Crippen LogP contribution in [0.4, 0.5) is 13.2 Å². The van der Waals surface area contributed by atoms with Crippen molar-refractivity contribution in [3.63, 3.8) is 0 Å². The first-order valence-corrected chi connectivity index (χ1v) is 8.42. The summed E-state index contributed by atoms with van der Waals surface area (Å²) in [6, 6.07) is 5.10. The van der Waals surface area contributed by atoms with E-state index in [0.717, 1.165) is 12.3 Å². The third-order valence-electron chi connectivity index (χ3n) is 2.21. The maximum Gasteiger partial charge on any atom is 0.534 e. The van der Waals surface area contributed by atoms with E-state index in [2.05, 4.69) is 8.58 Å². The second-order valence-electron chi connectivity index (χ2n) is 5.12. The van der Waals surface area contributed by atoms with Gasteiger partial charge in [-0.1, -0.05) is 12.1 Å². The lowest BCUT2D eigenvalue weighted by Crippen LogP contribution is -2.28. The zero-order valence-corrected chi connectivity index (χ0v) is 13.6. The first-order valence-electron chi connectivity index (χ1n) is 5.90. The molecule has 0 N–H and O–H groups in total. The highest BCUT2D eigenvalue weighted by molar-refractivity contribution is 7.88. The average Bonchev–Trinajstić information content (AvgIpc) is 2.34. The van der Waals surface area contributed by atoms with Gasteiger partial charge in [-0.15, -0.1) is 0 Å². The van der Waals surface area contributed by atoms with E-state index in [0.29, 0.717) is 0 Å². The van der Waals surface area contributed by atoms with Crippen molar-refractivity contribution in [2.75, 3.05) is 0 Å². The van der Waals surface area contributed by atoms with Gasteiger partial charge in [0.2, 0.25) is 0 Å². The summed E-state index contributed by atoms with van der Waals surface area (Å²) in [7, 11) is -7.42. The first-order chi connectivity index (χ1) is 9.84. The van der Waals surface area contributed by atoms with Gasteiger partial charge in [-0.2, -0.15) is 26.0 Å². The molecule has 0 aliphatic carbocycles. The van der Waals surface area contributed by atoms with Gasteiger partial charge in [-0.05, 0) is 32.9 Å². The van der Waals surface area contributed by atoms with Crippen molar-refractivity contribution in [1.29, 1.82) is 0 Å². The van der Waals surface area contributed by atoms with Gasteiger partial charge in [0.25, 0.3) is 0 Å². The molecule has 5 nitrogen and oxygen atoms in total. The van der Waals surface area contributed by atoms with Crippen molar-refractivity contribution in [1.82, 2.24) is 0 Å². The van der Waals surface area contributed by atoms with Crippen molar-refractivity contribution in [2.24, 2.45) is 4.40 Å². The van der Waals surface area contributed by atoms with Gasteiger partial charge in [-0.3, -0.25) is 0 Å². The average molecular weight is 357 g/mol. The molecule has 0 aliphatic heterocycles. The monoisotopic (exact) mass is 357 g/mol. The zero-order valence-electron chi connectivity index (χ0n) is 11.9. The molecule has 0 heterocycles. The molecule has 0 bridgehead atoms. The standard InChI is InChI=1S/C12H14F3NO4S2/c1-11(2,3)21(17)16-8-9-6-4-5-7-10(9)20-22(18,19)12(13,14)15/h4-8H,1-3H3/b16-8+/t21-/m1/s1. The minimum Gasteiger partial charge on any atom is -0.375 e. The Hall–Kier alpha value is -1.42. The van der Waals surface area contributed by atoms with Crippen LogP contribution in [-0.2, 0) is 21.1 Å². The van der Waals surface area contributed by atoms with Crippen LogP contribution in [0.15, 0.2) is 28.7 Å². The van der Waals surface area contributed by atoms with Crippen LogP contribution in [-0.4, -0.2) is 29.1 Å². The zero-order chi connectivity index (χ0) is 17.2. The summed E-state index contributed by atoms with van der Waals surface area (Å²) >= 11 is 0. The van der Waals surface area contributed by atoms with Crippen molar-refractivity contribution in [3.8, 4) is 5.75 Å². The molecule has 1 aromatic rings. The smallest absolute Gasteiger partial charge is 0.375 e. The molecule has 124 valence electrons. The fourth-order valence-electron chi connectivity index (χ4n) is 1.09. The number of hydrogen-bond donors (Lipinski definition) is 0. The molecule has 0 amide bonds. The Morgan fingerprint density at radius 2 is 1.73 bits per heavy atom. The molecule has 0 aromatic heterocycles. The maximum absolute atomic E-state index is 12.3. The molecule has 1 atom stereocenters. The van der Waals surface area contributed by atoms with E-state index in [1.54, 1.807) is 20.8 Å². The van der Waals surface area contributed by atoms with E-state index in [1.807, 2.05) is 0 Å². The number of benzene rings is 1. The van der Waals surface area contributed by atoms with Crippen LogP contribution in [0.2, 0.25) is 0 Å². The Labute approximate surface area is 128 Å². The molecular weight excluding hydrogens is 343 g/mol. The molecule has 22 heavy (non-hydrogen) atoms. The summed E-state index contributed by atoms with van der Waals surface area (Å²) in [5, 5.41) is 0. The lowest BCUT2D eigenvalue weighted by atomic mass is 10.2. The van der Waals surface area contributed by atoms with Gasteiger partial charge >= 0.3 is 15.6 Å². The highest BCUT2D eigenvalue weighted by Crippen LogP contribution is 2.28. The summed E-state index contributed by atoms with van der Waals surface area (Å²) in [6.45, 7) is 4.99. The largest absolute Gasteiger partial charge is 0.534 e. The van der Waals surface area contributed by atoms with E-state index in [9.17, 15) is 25.8 Å². The Morgan fingerprint density at radius 3 is 2.23 bits per heavy atom. The molecule has 0 spiro atoms. The van der Waals surface area contributed by atoms with Crippen molar-refractivity contribution in [2.45, 2.75) is 31.0 Å². The van der Waals surface area contributed by atoms with Crippen LogP contribution in [0, 0.1) is 0 Å². The van der Waals surface area contributed by atoms with Crippen molar-refractivity contribution >= 4 is 27.3 Å². The Morgan fingerprint density at radius 1 is 1.18 bits per heavy atom. The van der Waals surface area contributed by atoms with Crippen LogP contribution >= 0.6 is 0 Å². The third kappa shape index (κ3) is 4.80.